The van der Waals surface area contributed by atoms with Crippen molar-refractivity contribution in [3.63, 3.8) is 0 Å². The Morgan fingerprint density at radius 3 is 2.10 bits per heavy atom. The van der Waals surface area contributed by atoms with Crippen LogP contribution in [0, 0.1) is 6.92 Å². The van der Waals surface area contributed by atoms with Crippen molar-refractivity contribution in [2.75, 3.05) is 11.6 Å². The number of hydrogen-bond donors (Lipinski definition) is 0. The number of carbonyl (C=O) groups excluding carboxylic acids is 3. The summed E-state index contributed by atoms with van der Waals surface area (Å²) in [4.78, 5) is 41.6. The fraction of sp³-hybridized carbons (Fsp3) is 0.0870. The van der Waals surface area contributed by atoms with E-state index in [9.17, 15) is 14.4 Å². The quantitative estimate of drug-likeness (QED) is 0.525. The molecule has 1 aliphatic rings. The van der Waals surface area contributed by atoms with E-state index in [2.05, 4.69) is 0 Å². The van der Waals surface area contributed by atoms with Crippen LogP contribution >= 0.6 is 23.2 Å². The number of para-hydroxylation sites is 1. The molecule has 0 atom stereocenters. The SMILES string of the molecule is Cc1ccccc1N(CN1C(=O)c2ccccc2C1=O)C(=O)c1ccc(Cl)cc1Cl. The summed E-state index contributed by atoms with van der Waals surface area (Å²) >= 11 is 12.2. The molecule has 4 rings (SSSR count). The summed E-state index contributed by atoms with van der Waals surface area (Å²) < 4.78 is 0. The molecule has 0 bridgehead atoms. The van der Waals surface area contributed by atoms with Gasteiger partial charge in [0.2, 0.25) is 0 Å². The monoisotopic (exact) mass is 438 g/mol. The van der Waals surface area contributed by atoms with E-state index in [1.165, 1.54) is 17.0 Å². The first-order valence-corrected chi connectivity index (χ1v) is 9.92. The highest BCUT2D eigenvalue weighted by atomic mass is 35.5. The zero-order chi connectivity index (χ0) is 21.4. The number of rotatable bonds is 4. The van der Waals surface area contributed by atoms with Crippen molar-refractivity contribution in [2.45, 2.75) is 6.92 Å². The number of aryl methyl sites for hydroxylation is 1. The first kappa shape index (κ1) is 20.1. The van der Waals surface area contributed by atoms with Crippen molar-refractivity contribution in [2.24, 2.45) is 0 Å². The molecule has 0 fully saturated rings. The van der Waals surface area contributed by atoms with Gasteiger partial charge in [-0.1, -0.05) is 53.5 Å². The smallest absolute Gasteiger partial charge is 0.263 e. The average Bonchev–Trinajstić information content (AvgIpc) is 2.97. The lowest BCUT2D eigenvalue weighted by Gasteiger charge is -2.28. The van der Waals surface area contributed by atoms with Crippen molar-refractivity contribution >= 4 is 46.6 Å². The summed E-state index contributed by atoms with van der Waals surface area (Å²) in [5.74, 6) is -1.32. The molecule has 5 nitrogen and oxygen atoms in total. The molecule has 3 aromatic rings. The Kier molecular flexibility index (Phi) is 5.33. The highest BCUT2D eigenvalue weighted by Crippen LogP contribution is 2.29. The van der Waals surface area contributed by atoms with Crippen molar-refractivity contribution in [1.29, 1.82) is 0 Å². The van der Waals surface area contributed by atoms with Gasteiger partial charge in [-0.3, -0.25) is 24.2 Å². The number of benzene rings is 3. The molecule has 3 amide bonds. The second-order valence-electron chi connectivity index (χ2n) is 6.87. The van der Waals surface area contributed by atoms with Crippen molar-refractivity contribution in [3.8, 4) is 0 Å². The third kappa shape index (κ3) is 3.47. The second-order valence-corrected chi connectivity index (χ2v) is 7.71. The number of amides is 3. The summed E-state index contributed by atoms with van der Waals surface area (Å²) in [6.07, 6.45) is 0. The number of nitrogens with zero attached hydrogens (tertiary/aromatic N) is 2. The maximum Gasteiger partial charge on any atom is 0.263 e. The first-order chi connectivity index (χ1) is 14.4. The molecule has 0 saturated heterocycles. The third-order valence-electron chi connectivity index (χ3n) is 4.97. The van der Waals surface area contributed by atoms with Crippen LogP contribution in [0.2, 0.25) is 10.0 Å². The predicted molar refractivity (Wildman–Crippen MR) is 116 cm³/mol. The van der Waals surface area contributed by atoms with E-state index in [0.29, 0.717) is 21.8 Å². The van der Waals surface area contributed by atoms with Crippen LogP contribution in [0.4, 0.5) is 5.69 Å². The molecule has 0 N–H and O–H groups in total. The molecule has 3 aromatic carbocycles. The lowest BCUT2D eigenvalue weighted by Crippen LogP contribution is -2.44. The first-order valence-electron chi connectivity index (χ1n) is 9.16. The van der Waals surface area contributed by atoms with Gasteiger partial charge in [0.05, 0.1) is 21.7 Å². The number of hydrogen-bond acceptors (Lipinski definition) is 3. The number of carbonyl (C=O) groups is 3. The highest BCUT2D eigenvalue weighted by molar-refractivity contribution is 6.37. The van der Waals surface area contributed by atoms with Crippen LogP contribution < -0.4 is 4.90 Å². The molecule has 0 saturated carbocycles. The number of fused-ring (bicyclic) bond motifs is 1. The minimum absolute atomic E-state index is 0.188. The van der Waals surface area contributed by atoms with Crippen LogP contribution in [0.5, 0.6) is 0 Å². The van der Waals surface area contributed by atoms with Gasteiger partial charge in [-0.25, -0.2) is 0 Å². The van der Waals surface area contributed by atoms with Gasteiger partial charge < -0.3 is 0 Å². The van der Waals surface area contributed by atoms with Gasteiger partial charge >= 0.3 is 0 Å². The van der Waals surface area contributed by atoms with E-state index in [0.717, 1.165) is 10.5 Å². The summed E-state index contributed by atoms with van der Waals surface area (Å²) in [5.41, 5.74) is 2.26. The van der Waals surface area contributed by atoms with E-state index in [1.807, 2.05) is 19.1 Å². The van der Waals surface area contributed by atoms with E-state index in [1.54, 1.807) is 42.5 Å². The van der Waals surface area contributed by atoms with Gasteiger partial charge in [-0.05, 0) is 48.9 Å². The average molecular weight is 439 g/mol. The van der Waals surface area contributed by atoms with Gasteiger partial charge in [0.15, 0.2) is 0 Å². The van der Waals surface area contributed by atoms with Gasteiger partial charge in [0, 0.05) is 10.7 Å². The lowest BCUT2D eigenvalue weighted by molar-refractivity contribution is 0.0650. The molecular weight excluding hydrogens is 423 g/mol. The number of halogens is 2. The van der Waals surface area contributed by atoms with Crippen molar-refractivity contribution in [1.82, 2.24) is 4.90 Å². The molecule has 30 heavy (non-hydrogen) atoms. The molecule has 0 aromatic heterocycles. The zero-order valence-corrected chi connectivity index (χ0v) is 17.4. The van der Waals surface area contributed by atoms with Crippen molar-refractivity contribution < 1.29 is 14.4 Å². The van der Waals surface area contributed by atoms with Crippen LogP contribution in [0.3, 0.4) is 0 Å². The Labute approximate surface area is 183 Å². The van der Waals surface area contributed by atoms with Gasteiger partial charge in [-0.2, -0.15) is 0 Å². The molecule has 0 aliphatic carbocycles. The zero-order valence-electron chi connectivity index (χ0n) is 15.9. The summed E-state index contributed by atoms with van der Waals surface area (Å²) in [7, 11) is 0. The Morgan fingerprint density at radius 1 is 0.900 bits per heavy atom. The molecule has 1 heterocycles. The Balaban J connectivity index is 1.76. The fourth-order valence-electron chi connectivity index (χ4n) is 3.43. The maximum atomic E-state index is 13.5. The van der Waals surface area contributed by atoms with Crippen LogP contribution in [0.1, 0.15) is 36.6 Å². The minimum atomic E-state index is -0.442. The topological polar surface area (TPSA) is 57.7 Å². The molecule has 1 aliphatic heterocycles. The van der Waals surface area contributed by atoms with E-state index in [-0.39, 0.29) is 17.3 Å². The summed E-state index contributed by atoms with van der Waals surface area (Å²) in [5, 5.41) is 0.591. The van der Waals surface area contributed by atoms with Crippen LogP contribution in [-0.2, 0) is 0 Å². The summed E-state index contributed by atoms with van der Waals surface area (Å²) in [6.45, 7) is 1.61. The Morgan fingerprint density at radius 2 is 1.50 bits per heavy atom. The van der Waals surface area contributed by atoms with Crippen molar-refractivity contribution in [3.05, 3.63) is 99.0 Å². The van der Waals surface area contributed by atoms with Gasteiger partial charge in [0.25, 0.3) is 17.7 Å². The Hall–Kier alpha value is -3.15. The lowest BCUT2D eigenvalue weighted by atomic mass is 10.1. The second kappa shape index (κ2) is 7.94. The van der Waals surface area contributed by atoms with E-state index < -0.39 is 17.7 Å². The molecule has 0 unspecified atom stereocenters. The normalized spacial score (nSPS) is 12.8. The standard InChI is InChI=1S/C23H16Cl2N2O3/c1-14-6-2-5-9-20(14)26(23(30)18-11-10-15(24)12-19(18)25)13-27-21(28)16-7-3-4-8-17(16)22(27)29/h2-12H,13H2,1H3. The maximum absolute atomic E-state index is 13.5. The molecule has 7 heteroatoms. The number of imide groups is 1. The third-order valence-corrected chi connectivity index (χ3v) is 5.52. The van der Waals surface area contributed by atoms with Crippen LogP contribution in [-0.4, -0.2) is 29.3 Å². The molecule has 0 radical (unpaired) electrons. The highest BCUT2D eigenvalue weighted by Gasteiger charge is 2.37. The predicted octanol–water partition coefficient (Wildman–Crippen LogP) is 5.20. The van der Waals surface area contributed by atoms with Crippen LogP contribution in [0.15, 0.2) is 66.7 Å². The van der Waals surface area contributed by atoms with E-state index >= 15 is 0 Å². The molecule has 150 valence electrons. The Bertz CT molecular complexity index is 1160. The van der Waals surface area contributed by atoms with Crippen LogP contribution in [0.25, 0.3) is 0 Å². The van der Waals surface area contributed by atoms with Gasteiger partial charge in [0.1, 0.15) is 6.67 Å². The largest absolute Gasteiger partial charge is 0.289 e. The fourth-order valence-corrected chi connectivity index (χ4v) is 3.92. The number of anilines is 1. The van der Waals surface area contributed by atoms with E-state index in [4.69, 9.17) is 23.2 Å². The summed E-state index contributed by atoms with van der Waals surface area (Å²) in [6, 6.07) is 18.4. The van der Waals surface area contributed by atoms with Gasteiger partial charge in [-0.15, -0.1) is 0 Å². The molecule has 0 spiro atoms. The molecular formula is C23H16Cl2N2O3. The minimum Gasteiger partial charge on any atom is -0.289 e.